The zero-order valence-electron chi connectivity index (χ0n) is 8.54. The summed E-state index contributed by atoms with van der Waals surface area (Å²) in [4.78, 5) is 19.3. The number of esters is 1. The molecule has 0 N–H and O–H groups in total. The van der Waals surface area contributed by atoms with E-state index in [1.807, 2.05) is 0 Å². The van der Waals surface area contributed by atoms with Gasteiger partial charge in [-0.15, -0.1) is 0 Å². The third-order valence-corrected chi connectivity index (χ3v) is 1.99. The summed E-state index contributed by atoms with van der Waals surface area (Å²) in [5, 5.41) is 0. The summed E-state index contributed by atoms with van der Waals surface area (Å²) >= 11 is 0. The van der Waals surface area contributed by atoms with Crippen LogP contribution in [0.1, 0.15) is 16.1 Å². The molecular formula is C12H10N2O2. The van der Waals surface area contributed by atoms with Gasteiger partial charge in [-0.05, 0) is 29.8 Å². The summed E-state index contributed by atoms with van der Waals surface area (Å²) in [6, 6.07) is 8.71. The number of carbonyl (C=O) groups excluding carboxylic acids is 1. The molecular weight excluding hydrogens is 204 g/mol. The lowest BCUT2D eigenvalue weighted by Gasteiger charge is -2.03. The Balaban J connectivity index is 1.95. The molecule has 0 fully saturated rings. The van der Waals surface area contributed by atoms with Crippen molar-refractivity contribution in [2.45, 2.75) is 6.61 Å². The van der Waals surface area contributed by atoms with Crippen molar-refractivity contribution in [3.05, 3.63) is 60.2 Å². The number of hydrogen-bond acceptors (Lipinski definition) is 4. The van der Waals surface area contributed by atoms with Crippen molar-refractivity contribution < 1.29 is 9.53 Å². The molecule has 0 saturated heterocycles. The molecule has 0 aromatic carbocycles. The van der Waals surface area contributed by atoms with Crippen LogP contribution in [0, 0.1) is 0 Å². The number of rotatable bonds is 3. The molecule has 2 aromatic rings. The van der Waals surface area contributed by atoms with E-state index in [0.29, 0.717) is 5.69 Å². The molecule has 2 aromatic heterocycles. The van der Waals surface area contributed by atoms with E-state index in [0.717, 1.165) is 5.56 Å². The fourth-order valence-electron chi connectivity index (χ4n) is 1.19. The van der Waals surface area contributed by atoms with Crippen molar-refractivity contribution in [3.63, 3.8) is 0 Å². The SMILES string of the molecule is O=C(OCc1ccncc1)c1ccccn1. The van der Waals surface area contributed by atoms with Gasteiger partial charge in [0, 0.05) is 18.6 Å². The standard InChI is InChI=1S/C12H10N2O2/c15-12(11-3-1-2-6-14-11)16-9-10-4-7-13-8-5-10/h1-8H,9H2. The zero-order chi connectivity index (χ0) is 11.2. The third-order valence-electron chi connectivity index (χ3n) is 1.99. The van der Waals surface area contributed by atoms with Crippen molar-refractivity contribution in [2.75, 3.05) is 0 Å². The molecule has 2 heterocycles. The van der Waals surface area contributed by atoms with E-state index in [4.69, 9.17) is 4.74 Å². The minimum absolute atomic E-state index is 0.234. The number of carbonyl (C=O) groups is 1. The Hall–Kier alpha value is -2.23. The second-order valence-corrected chi connectivity index (χ2v) is 3.15. The van der Waals surface area contributed by atoms with Crippen LogP contribution in [0.4, 0.5) is 0 Å². The predicted molar refractivity (Wildman–Crippen MR) is 57.6 cm³/mol. The van der Waals surface area contributed by atoms with E-state index in [1.54, 1.807) is 48.9 Å². The van der Waals surface area contributed by atoms with Crippen LogP contribution in [0.25, 0.3) is 0 Å². The van der Waals surface area contributed by atoms with Crippen LogP contribution in [0.5, 0.6) is 0 Å². The summed E-state index contributed by atoms with van der Waals surface area (Å²) in [7, 11) is 0. The average molecular weight is 214 g/mol. The van der Waals surface area contributed by atoms with Crippen LogP contribution < -0.4 is 0 Å². The largest absolute Gasteiger partial charge is 0.456 e. The lowest BCUT2D eigenvalue weighted by atomic mass is 10.3. The van der Waals surface area contributed by atoms with Gasteiger partial charge in [-0.2, -0.15) is 0 Å². The first-order valence-corrected chi connectivity index (χ1v) is 4.83. The first-order chi connectivity index (χ1) is 7.86. The topological polar surface area (TPSA) is 52.1 Å². The summed E-state index contributed by atoms with van der Waals surface area (Å²) in [6.07, 6.45) is 4.87. The van der Waals surface area contributed by atoms with Crippen LogP contribution in [-0.2, 0) is 11.3 Å². The first-order valence-electron chi connectivity index (χ1n) is 4.83. The molecule has 4 nitrogen and oxygen atoms in total. The number of aromatic nitrogens is 2. The quantitative estimate of drug-likeness (QED) is 0.731. The van der Waals surface area contributed by atoms with Gasteiger partial charge < -0.3 is 4.74 Å². The molecule has 0 aliphatic carbocycles. The highest BCUT2D eigenvalue weighted by atomic mass is 16.5. The maximum absolute atomic E-state index is 11.5. The van der Waals surface area contributed by atoms with Crippen LogP contribution in [0.2, 0.25) is 0 Å². The fraction of sp³-hybridized carbons (Fsp3) is 0.0833. The van der Waals surface area contributed by atoms with E-state index < -0.39 is 5.97 Å². The van der Waals surface area contributed by atoms with Crippen molar-refractivity contribution >= 4 is 5.97 Å². The lowest BCUT2D eigenvalue weighted by Crippen LogP contribution is -2.06. The van der Waals surface area contributed by atoms with E-state index in [9.17, 15) is 4.79 Å². The third kappa shape index (κ3) is 2.63. The minimum atomic E-state index is -0.419. The Morgan fingerprint density at radius 1 is 1.12 bits per heavy atom. The second kappa shape index (κ2) is 5.02. The molecule has 0 spiro atoms. The number of ether oxygens (including phenoxy) is 1. The van der Waals surface area contributed by atoms with Crippen molar-refractivity contribution in [3.8, 4) is 0 Å². The number of pyridine rings is 2. The van der Waals surface area contributed by atoms with E-state index in [2.05, 4.69) is 9.97 Å². The summed E-state index contributed by atoms with van der Waals surface area (Å²) in [5.74, 6) is -0.419. The van der Waals surface area contributed by atoms with Gasteiger partial charge in [0.2, 0.25) is 0 Å². The number of nitrogens with zero attached hydrogens (tertiary/aromatic N) is 2. The molecule has 0 amide bonds. The molecule has 16 heavy (non-hydrogen) atoms. The number of hydrogen-bond donors (Lipinski definition) is 0. The van der Waals surface area contributed by atoms with E-state index >= 15 is 0 Å². The van der Waals surface area contributed by atoms with Crippen molar-refractivity contribution in [1.29, 1.82) is 0 Å². The molecule has 0 aliphatic heterocycles. The van der Waals surface area contributed by atoms with Crippen LogP contribution in [0.15, 0.2) is 48.9 Å². The summed E-state index contributed by atoms with van der Waals surface area (Å²) < 4.78 is 5.08. The predicted octanol–water partition coefficient (Wildman–Crippen LogP) is 1.83. The van der Waals surface area contributed by atoms with E-state index in [1.165, 1.54) is 0 Å². The Kier molecular flexibility index (Phi) is 3.23. The molecule has 0 saturated carbocycles. The van der Waals surface area contributed by atoms with Gasteiger partial charge in [0.15, 0.2) is 0 Å². The lowest BCUT2D eigenvalue weighted by molar-refractivity contribution is 0.0465. The zero-order valence-corrected chi connectivity index (χ0v) is 8.54. The minimum Gasteiger partial charge on any atom is -0.456 e. The normalized spacial score (nSPS) is 9.75. The Bertz CT molecular complexity index is 457. The van der Waals surface area contributed by atoms with Crippen LogP contribution >= 0.6 is 0 Å². The molecule has 80 valence electrons. The molecule has 4 heteroatoms. The molecule has 0 unspecified atom stereocenters. The van der Waals surface area contributed by atoms with Gasteiger partial charge in [-0.1, -0.05) is 6.07 Å². The smallest absolute Gasteiger partial charge is 0.357 e. The fourth-order valence-corrected chi connectivity index (χ4v) is 1.19. The molecule has 0 atom stereocenters. The van der Waals surface area contributed by atoms with Gasteiger partial charge in [0.1, 0.15) is 12.3 Å². The molecule has 0 aliphatic rings. The average Bonchev–Trinajstić information content (AvgIpc) is 2.38. The summed E-state index contributed by atoms with van der Waals surface area (Å²) in [6.45, 7) is 0.234. The van der Waals surface area contributed by atoms with Crippen LogP contribution in [-0.4, -0.2) is 15.9 Å². The molecule has 0 bridgehead atoms. The Morgan fingerprint density at radius 2 is 1.94 bits per heavy atom. The van der Waals surface area contributed by atoms with Crippen molar-refractivity contribution in [1.82, 2.24) is 9.97 Å². The van der Waals surface area contributed by atoms with Gasteiger partial charge in [0.05, 0.1) is 0 Å². The van der Waals surface area contributed by atoms with E-state index in [-0.39, 0.29) is 6.61 Å². The van der Waals surface area contributed by atoms with Gasteiger partial charge in [-0.3, -0.25) is 4.98 Å². The highest BCUT2D eigenvalue weighted by Crippen LogP contribution is 2.02. The summed E-state index contributed by atoms with van der Waals surface area (Å²) in [5.41, 5.74) is 1.22. The Morgan fingerprint density at radius 3 is 2.62 bits per heavy atom. The second-order valence-electron chi connectivity index (χ2n) is 3.15. The first kappa shape index (κ1) is 10.3. The van der Waals surface area contributed by atoms with Crippen molar-refractivity contribution in [2.24, 2.45) is 0 Å². The van der Waals surface area contributed by atoms with Gasteiger partial charge >= 0.3 is 5.97 Å². The highest BCUT2D eigenvalue weighted by Gasteiger charge is 2.07. The monoisotopic (exact) mass is 214 g/mol. The maximum atomic E-state index is 11.5. The Labute approximate surface area is 92.9 Å². The van der Waals surface area contributed by atoms with Gasteiger partial charge in [0.25, 0.3) is 0 Å². The van der Waals surface area contributed by atoms with Crippen LogP contribution in [0.3, 0.4) is 0 Å². The molecule has 0 radical (unpaired) electrons. The highest BCUT2D eigenvalue weighted by molar-refractivity contribution is 5.87. The maximum Gasteiger partial charge on any atom is 0.357 e. The molecule has 2 rings (SSSR count). The van der Waals surface area contributed by atoms with Gasteiger partial charge in [-0.25, -0.2) is 9.78 Å².